The first-order valence-corrected chi connectivity index (χ1v) is 7.70. The number of amides is 1. The number of carbonyl (C=O) groups excluding carboxylic acids is 1. The molecule has 3 heteroatoms. The fraction of sp³-hybridized carbons (Fsp3) is 0.588. The highest BCUT2D eigenvalue weighted by Gasteiger charge is 2.28. The molecule has 1 N–H and O–H groups in total. The monoisotopic (exact) mass is 275 g/mol. The third kappa shape index (κ3) is 3.60. The van der Waals surface area contributed by atoms with Gasteiger partial charge in [0, 0.05) is 19.7 Å². The van der Waals surface area contributed by atoms with Crippen LogP contribution >= 0.6 is 0 Å². The third-order valence-electron chi connectivity index (χ3n) is 4.26. The summed E-state index contributed by atoms with van der Waals surface area (Å²) in [6.07, 6.45) is 3.77. The van der Waals surface area contributed by atoms with Gasteiger partial charge in [-0.1, -0.05) is 43.7 Å². The van der Waals surface area contributed by atoms with Crippen molar-refractivity contribution in [1.82, 2.24) is 4.90 Å². The molecular weight excluding hydrogens is 250 g/mol. The van der Waals surface area contributed by atoms with Gasteiger partial charge in [0.15, 0.2) is 0 Å². The third-order valence-corrected chi connectivity index (χ3v) is 4.26. The lowest BCUT2D eigenvalue weighted by molar-refractivity contribution is -0.134. The van der Waals surface area contributed by atoms with Crippen LogP contribution in [0.15, 0.2) is 30.3 Å². The first kappa shape index (κ1) is 15.0. The van der Waals surface area contributed by atoms with Crippen molar-refractivity contribution in [2.45, 2.75) is 38.5 Å². The van der Waals surface area contributed by atoms with E-state index in [9.17, 15) is 9.90 Å². The van der Waals surface area contributed by atoms with Gasteiger partial charge in [-0.2, -0.15) is 0 Å². The number of piperidine rings is 1. The van der Waals surface area contributed by atoms with Crippen LogP contribution in [-0.2, 0) is 4.79 Å². The minimum atomic E-state index is -0.00752. The minimum Gasteiger partial charge on any atom is -0.396 e. The van der Waals surface area contributed by atoms with Crippen LogP contribution in [0.25, 0.3) is 0 Å². The average Bonchev–Trinajstić information content (AvgIpc) is 2.53. The fourth-order valence-electron chi connectivity index (χ4n) is 2.96. The van der Waals surface area contributed by atoms with Gasteiger partial charge in [-0.3, -0.25) is 4.79 Å². The highest BCUT2D eigenvalue weighted by molar-refractivity contribution is 5.83. The lowest BCUT2D eigenvalue weighted by Gasteiger charge is -2.33. The Kier molecular flexibility index (Phi) is 5.60. The Bertz CT molecular complexity index is 410. The molecule has 20 heavy (non-hydrogen) atoms. The molecule has 1 fully saturated rings. The van der Waals surface area contributed by atoms with Crippen LogP contribution < -0.4 is 0 Å². The Balaban J connectivity index is 2.04. The van der Waals surface area contributed by atoms with E-state index in [0.29, 0.717) is 5.92 Å². The fourth-order valence-corrected chi connectivity index (χ4v) is 2.96. The highest BCUT2D eigenvalue weighted by Crippen LogP contribution is 2.26. The highest BCUT2D eigenvalue weighted by atomic mass is 16.3. The molecule has 1 amide bonds. The second-order valence-electron chi connectivity index (χ2n) is 5.70. The number of aliphatic hydroxyl groups is 1. The Hall–Kier alpha value is -1.35. The van der Waals surface area contributed by atoms with Crippen molar-refractivity contribution in [2.75, 3.05) is 19.7 Å². The number of nitrogens with zero attached hydrogens (tertiary/aromatic N) is 1. The molecule has 1 unspecified atom stereocenters. The standard InChI is InChI=1S/C17H25NO2/c1-2-6-16(15-7-4-3-5-8-15)17(20)18-11-9-14(13-19)10-12-18/h3-5,7-8,14,16,19H,2,6,9-13H2,1H3. The average molecular weight is 275 g/mol. The van der Waals surface area contributed by atoms with Crippen LogP contribution in [0.3, 0.4) is 0 Å². The molecule has 1 aliphatic rings. The van der Waals surface area contributed by atoms with Crippen molar-refractivity contribution in [3.63, 3.8) is 0 Å². The zero-order valence-corrected chi connectivity index (χ0v) is 12.3. The van der Waals surface area contributed by atoms with Gasteiger partial charge in [-0.25, -0.2) is 0 Å². The summed E-state index contributed by atoms with van der Waals surface area (Å²) in [5.41, 5.74) is 1.13. The van der Waals surface area contributed by atoms with Crippen LogP contribution in [0, 0.1) is 5.92 Å². The maximum absolute atomic E-state index is 12.7. The van der Waals surface area contributed by atoms with Crippen LogP contribution in [0.5, 0.6) is 0 Å². The number of aliphatic hydroxyl groups excluding tert-OH is 1. The summed E-state index contributed by atoms with van der Waals surface area (Å²) in [6, 6.07) is 10.1. The summed E-state index contributed by atoms with van der Waals surface area (Å²) < 4.78 is 0. The summed E-state index contributed by atoms with van der Waals surface area (Å²) in [5, 5.41) is 9.18. The lowest BCUT2D eigenvalue weighted by Crippen LogP contribution is -2.41. The van der Waals surface area contributed by atoms with Gasteiger partial charge in [0.25, 0.3) is 0 Å². The smallest absolute Gasteiger partial charge is 0.230 e. The van der Waals surface area contributed by atoms with Gasteiger partial charge < -0.3 is 10.0 Å². The van der Waals surface area contributed by atoms with Crippen molar-refractivity contribution >= 4 is 5.91 Å². The molecule has 0 aliphatic carbocycles. The molecule has 110 valence electrons. The van der Waals surface area contributed by atoms with Crippen LogP contribution in [0.1, 0.15) is 44.1 Å². The SMILES string of the molecule is CCCC(C(=O)N1CCC(CO)CC1)c1ccccc1. The van der Waals surface area contributed by atoms with Crippen molar-refractivity contribution in [1.29, 1.82) is 0 Å². The first-order chi connectivity index (χ1) is 9.76. The molecule has 2 rings (SSSR count). The molecule has 1 aromatic carbocycles. The van der Waals surface area contributed by atoms with E-state index in [0.717, 1.165) is 44.3 Å². The number of hydrogen-bond acceptors (Lipinski definition) is 2. The van der Waals surface area contributed by atoms with E-state index < -0.39 is 0 Å². The van der Waals surface area contributed by atoms with Crippen LogP contribution in [0.2, 0.25) is 0 Å². The van der Waals surface area contributed by atoms with Crippen LogP contribution in [0.4, 0.5) is 0 Å². The maximum atomic E-state index is 12.7. The minimum absolute atomic E-state index is 0.00752. The second-order valence-corrected chi connectivity index (χ2v) is 5.70. The molecule has 0 bridgehead atoms. The Morgan fingerprint density at radius 2 is 1.95 bits per heavy atom. The molecule has 0 saturated carbocycles. The maximum Gasteiger partial charge on any atom is 0.230 e. The lowest BCUT2D eigenvalue weighted by atomic mass is 9.91. The van der Waals surface area contributed by atoms with E-state index in [2.05, 4.69) is 19.1 Å². The molecule has 1 aliphatic heterocycles. The van der Waals surface area contributed by atoms with E-state index in [1.807, 2.05) is 23.1 Å². The van der Waals surface area contributed by atoms with Crippen molar-refractivity contribution in [3.8, 4) is 0 Å². The number of benzene rings is 1. The van der Waals surface area contributed by atoms with E-state index in [1.165, 1.54) is 0 Å². The van der Waals surface area contributed by atoms with Gasteiger partial charge in [0.1, 0.15) is 0 Å². The summed E-state index contributed by atoms with van der Waals surface area (Å²) in [5.74, 6) is 0.627. The van der Waals surface area contributed by atoms with Gasteiger partial charge in [0.05, 0.1) is 5.92 Å². The summed E-state index contributed by atoms with van der Waals surface area (Å²) in [7, 11) is 0. The molecule has 0 radical (unpaired) electrons. The predicted octanol–water partition coefficient (Wildman–Crippen LogP) is 2.80. The van der Waals surface area contributed by atoms with E-state index >= 15 is 0 Å². The normalized spacial score (nSPS) is 18.0. The van der Waals surface area contributed by atoms with Gasteiger partial charge >= 0.3 is 0 Å². The molecule has 0 spiro atoms. The van der Waals surface area contributed by atoms with Crippen LogP contribution in [-0.4, -0.2) is 35.6 Å². The Morgan fingerprint density at radius 1 is 1.30 bits per heavy atom. The zero-order valence-electron chi connectivity index (χ0n) is 12.3. The number of carbonyl (C=O) groups is 1. The number of rotatable bonds is 5. The predicted molar refractivity (Wildman–Crippen MR) is 80.5 cm³/mol. The van der Waals surface area contributed by atoms with Crippen molar-refractivity contribution in [2.24, 2.45) is 5.92 Å². The van der Waals surface area contributed by atoms with Gasteiger partial charge in [-0.15, -0.1) is 0 Å². The molecule has 1 saturated heterocycles. The summed E-state index contributed by atoms with van der Waals surface area (Å²) in [6.45, 7) is 3.95. The summed E-state index contributed by atoms with van der Waals surface area (Å²) >= 11 is 0. The molecule has 1 aromatic rings. The summed E-state index contributed by atoms with van der Waals surface area (Å²) in [4.78, 5) is 14.7. The van der Waals surface area contributed by atoms with Crippen molar-refractivity contribution in [3.05, 3.63) is 35.9 Å². The zero-order chi connectivity index (χ0) is 14.4. The molecule has 1 heterocycles. The Labute approximate surface area is 121 Å². The van der Waals surface area contributed by atoms with E-state index in [-0.39, 0.29) is 18.4 Å². The van der Waals surface area contributed by atoms with E-state index in [1.54, 1.807) is 0 Å². The first-order valence-electron chi connectivity index (χ1n) is 7.70. The molecule has 3 nitrogen and oxygen atoms in total. The van der Waals surface area contributed by atoms with Gasteiger partial charge in [-0.05, 0) is 30.7 Å². The van der Waals surface area contributed by atoms with E-state index in [4.69, 9.17) is 0 Å². The second kappa shape index (κ2) is 7.44. The largest absolute Gasteiger partial charge is 0.396 e. The number of likely N-dealkylation sites (tertiary alicyclic amines) is 1. The Morgan fingerprint density at radius 3 is 2.50 bits per heavy atom. The quantitative estimate of drug-likeness (QED) is 0.897. The molecular formula is C17H25NO2. The molecule has 0 aromatic heterocycles. The van der Waals surface area contributed by atoms with Gasteiger partial charge in [0.2, 0.25) is 5.91 Å². The molecule has 1 atom stereocenters. The van der Waals surface area contributed by atoms with Crippen molar-refractivity contribution < 1.29 is 9.90 Å². The topological polar surface area (TPSA) is 40.5 Å². The number of hydrogen-bond donors (Lipinski definition) is 1.